The molecule has 7 heteroatoms. The minimum atomic E-state index is -1.08. The molecule has 24 heavy (non-hydrogen) atoms. The SMILES string of the molecule is CC[C@H](C)[C@H](NC(=O)c1nn(-c2ccc(F)cc2)cc1C)C(=O)O. The summed E-state index contributed by atoms with van der Waals surface area (Å²) in [7, 11) is 0. The third kappa shape index (κ3) is 3.79. The molecule has 6 nitrogen and oxygen atoms in total. The van der Waals surface area contributed by atoms with Crippen molar-refractivity contribution in [1.29, 1.82) is 0 Å². The number of aryl methyl sites for hydroxylation is 1. The summed E-state index contributed by atoms with van der Waals surface area (Å²) >= 11 is 0. The van der Waals surface area contributed by atoms with Crippen LogP contribution in [-0.2, 0) is 4.79 Å². The standard InChI is InChI=1S/C17H20FN3O3/c1-4-10(2)15(17(23)24)19-16(22)14-11(3)9-21(20-14)13-7-5-12(18)6-8-13/h5-10,15H,4H2,1-3H3,(H,19,22)(H,23,24)/t10-,15-/m0/s1. The molecule has 0 unspecified atom stereocenters. The molecule has 2 N–H and O–H groups in total. The molecule has 0 spiro atoms. The van der Waals surface area contributed by atoms with Gasteiger partial charge in [-0.15, -0.1) is 0 Å². The summed E-state index contributed by atoms with van der Waals surface area (Å²) in [6.07, 6.45) is 2.27. The van der Waals surface area contributed by atoms with E-state index in [1.807, 2.05) is 6.92 Å². The van der Waals surface area contributed by atoms with E-state index in [9.17, 15) is 19.1 Å². The number of nitrogens with one attached hydrogen (secondary N) is 1. The molecule has 1 aromatic carbocycles. The highest BCUT2D eigenvalue weighted by atomic mass is 19.1. The van der Waals surface area contributed by atoms with Gasteiger partial charge in [0, 0.05) is 11.8 Å². The lowest BCUT2D eigenvalue weighted by atomic mass is 9.99. The van der Waals surface area contributed by atoms with Crippen LogP contribution in [0.25, 0.3) is 5.69 Å². The summed E-state index contributed by atoms with van der Waals surface area (Å²) in [5.41, 5.74) is 1.36. The average molecular weight is 333 g/mol. The number of amides is 1. The van der Waals surface area contributed by atoms with Crippen molar-refractivity contribution in [1.82, 2.24) is 15.1 Å². The van der Waals surface area contributed by atoms with E-state index in [1.165, 1.54) is 16.8 Å². The highest BCUT2D eigenvalue weighted by Gasteiger charge is 2.27. The molecule has 1 aromatic heterocycles. The van der Waals surface area contributed by atoms with Crippen LogP contribution in [0.5, 0.6) is 0 Å². The van der Waals surface area contributed by atoms with E-state index in [-0.39, 0.29) is 17.4 Å². The summed E-state index contributed by atoms with van der Waals surface area (Å²) in [5.74, 6) is -2.18. The Bertz CT molecular complexity index is 740. The number of carbonyl (C=O) groups excluding carboxylic acids is 1. The normalized spacial score (nSPS) is 13.3. The number of carboxylic acid groups (broad SMARTS) is 1. The number of benzene rings is 1. The zero-order valence-corrected chi connectivity index (χ0v) is 13.8. The van der Waals surface area contributed by atoms with E-state index in [2.05, 4.69) is 10.4 Å². The second kappa shape index (κ2) is 7.25. The summed E-state index contributed by atoms with van der Waals surface area (Å²) < 4.78 is 14.5. The molecule has 0 fully saturated rings. The molecule has 0 radical (unpaired) electrons. The first-order valence-corrected chi connectivity index (χ1v) is 7.69. The number of aliphatic carboxylic acids is 1. The number of halogens is 1. The molecule has 1 amide bonds. The predicted molar refractivity (Wildman–Crippen MR) is 86.6 cm³/mol. The quantitative estimate of drug-likeness (QED) is 0.851. The first-order chi connectivity index (χ1) is 11.3. The summed E-state index contributed by atoms with van der Waals surface area (Å²) in [4.78, 5) is 23.7. The molecular formula is C17H20FN3O3. The van der Waals surface area contributed by atoms with Crippen LogP contribution in [0.15, 0.2) is 30.5 Å². The molecule has 0 aliphatic heterocycles. The van der Waals surface area contributed by atoms with Crippen molar-refractivity contribution < 1.29 is 19.1 Å². The second-order valence-corrected chi connectivity index (χ2v) is 5.76. The van der Waals surface area contributed by atoms with Crippen molar-refractivity contribution in [2.45, 2.75) is 33.2 Å². The third-order valence-electron chi connectivity index (χ3n) is 3.97. The van der Waals surface area contributed by atoms with Crippen molar-refractivity contribution in [2.24, 2.45) is 5.92 Å². The van der Waals surface area contributed by atoms with E-state index in [4.69, 9.17) is 0 Å². The van der Waals surface area contributed by atoms with E-state index in [1.54, 1.807) is 32.2 Å². The largest absolute Gasteiger partial charge is 0.480 e. The summed E-state index contributed by atoms with van der Waals surface area (Å²) in [6, 6.07) is 4.72. The fourth-order valence-corrected chi connectivity index (χ4v) is 2.30. The molecule has 0 saturated heterocycles. The number of hydrogen-bond donors (Lipinski definition) is 2. The van der Waals surface area contributed by atoms with Crippen LogP contribution >= 0.6 is 0 Å². The maximum atomic E-state index is 13.0. The average Bonchev–Trinajstić information content (AvgIpc) is 2.94. The van der Waals surface area contributed by atoms with Crippen LogP contribution in [0, 0.1) is 18.7 Å². The molecule has 2 aromatic rings. The van der Waals surface area contributed by atoms with E-state index < -0.39 is 17.9 Å². The van der Waals surface area contributed by atoms with Gasteiger partial charge in [0.1, 0.15) is 11.9 Å². The highest BCUT2D eigenvalue weighted by Crippen LogP contribution is 2.14. The van der Waals surface area contributed by atoms with Gasteiger partial charge in [0.2, 0.25) is 0 Å². The molecule has 0 saturated carbocycles. The number of carbonyl (C=O) groups is 2. The Morgan fingerprint density at radius 3 is 2.50 bits per heavy atom. The van der Waals surface area contributed by atoms with Crippen LogP contribution < -0.4 is 5.32 Å². The zero-order valence-electron chi connectivity index (χ0n) is 13.8. The van der Waals surface area contributed by atoms with Gasteiger partial charge in [-0.3, -0.25) is 4.79 Å². The maximum absolute atomic E-state index is 13.0. The van der Waals surface area contributed by atoms with E-state index >= 15 is 0 Å². The summed E-state index contributed by atoms with van der Waals surface area (Å²) in [6.45, 7) is 5.34. The molecular weight excluding hydrogens is 313 g/mol. The van der Waals surface area contributed by atoms with Gasteiger partial charge in [0.15, 0.2) is 5.69 Å². The lowest BCUT2D eigenvalue weighted by Crippen LogP contribution is -2.45. The molecule has 2 rings (SSSR count). The van der Waals surface area contributed by atoms with E-state index in [0.717, 1.165) is 0 Å². The van der Waals surface area contributed by atoms with Crippen LogP contribution in [0.3, 0.4) is 0 Å². The second-order valence-electron chi connectivity index (χ2n) is 5.76. The monoisotopic (exact) mass is 333 g/mol. The Kier molecular flexibility index (Phi) is 5.33. The third-order valence-corrected chi connectivity index (χ3v) is 3.97. The number of nitrogens with zero attached hydrogens (tertiary/aromatic N) is 2. The van der Waals surface area contributed by atoms with Gasteiger partial charge in [-0.05, 0) is 37.1 Å². The lowest BCUT2D eigenvalue weighted by molar-refractivity contribution is -0.140. The minimum absolute atomic E-state index is 0.147. The van der Waals surface area contributed by atoms with Crippen molar-refractivity contribution in [3.63, 3.8) is 0 Å². The smallest absolute Gasteiger partial charge is 0.326 e. The van der Waals surface area contributed by atoms with Crippen LogP contribution in [0.2, 0.25) is 0 Å². The number of hydrogen-bond acceptors (Lipinski definition) is 3. The van der Waals surface area contributed by atoms with Crippen molar-refractivity contribution in [3.8, 4) is 5.69 Å². The molecule has 1 heterocycles. The number of aromatic nitrogens is 2. The Hall–Kier alpha value is -2.70. The van der Waals surface area contributed by atoms with Crippen LogP contribution in [0.4, 0.5) is 4.39 Å². The van der Waals surface area contributed by atoms with Crippen molar-refractivity contribution in [3.05, 3.63) is 47.5 Å². The Morgan fingerprint density at radius 1 is 1.33 bits per heavy atom. The van der Waals surface area contributed by atoms with Gasteiger partial charge >= 0.3 is 5.97 Å². The Morgan fingerprint density at radius 2 is 1.96 bits per heavy atom. The van der Waals surface area contributed by atoms with Crippen molar-refractivity contribution in [2.75, 3.05) is 0 Å². The van der Waals surface area contributed by atoms with Gasteiger partial charge in [-0.25, -0.2) is 13.9 Å². The van der Waals surface area contributed by atoms with Gasteiger partial charge in [0.25, 0.3) is 5.91 Å². The number of rotatable bonds is 6. The van der Waals surface area contributed by atoms with Gasteiger partial charge in [-0.1, -0.05) is 20.3 Å². The van der Waals surface area contributed by atoms with Gasteiger partial charge in [-0.2, -0.15) is 5.10 Å². The highest BCUT2D eigenvalue weighted by molar-refractivity contribution is 5.96. The molecule has 0 aliphatic rings. The predicted octanol–water partition coefficient (Wildman–Crippen LogP) is 2.55. The molecule has 0 aliphatic carbocycles. The van der Waals surface area contributed by atoms with Gasteiger partial charge < -0.3 is 10.4 Å². The summed E-state index contributed by atoms with van der Waals surface area (Å²) in [5, 5.41) is 16.0. The Balaban J connectivity index is 2.24. The topological polar surface area (TPSA) is 84.2 Å². The van der Waals surface area contributed by atoms with Crippen LogP contribution in [-0.4, -0.2) is 32.8 Å². The zero-order chi connectivity index (χ0) is 17.9. The number of carboxylic acids is 1. The molecule has 0 bridgehead atoms. The fraction of sp³-hybridized carbons (Fsp3) is 0.353. The maximum Gasteiger partial charge on any atom is 0.326 e. The first kappa shape index (κ1) is 17.7. The van der Waals surface area contributed by atoms with Crippen molar-refractivity contribution >= 4 is 11.9 Å². The first-order valence-electron chi connectivity index (χ1n) is 7.69. The van der Waals surface area contributed by atoms with Crippen LogP contribution in [0.1, 0.15) is 36.3 Å². The van der Waals surface area contributed by atoms with E-state index in [0.29, 0.717) is 17.7 Å². The molecule has 128 valence electrons. The lowest BCUT2D eigenvalue weighted by Gasteiger charge is -2.19. The minimum Gasteiger partial charge on any atom is -0.480 e. The Labute approximate surface area is 139 Å². The van der Waals surface area contributed by atoms with Gasteiger partial charge in [0.05, 0.1) is 5.69 Å². The molecule has 2 atom stereocenters. The fourth-order valence-electron chi connectivity index (χ4n) is 2.30.